The van der Waals surface area contributed by atoms with E-state index in [-0.39, 0.29) is 11.9 Å². The van der Waals surface area contributed by atoms with E-state index in [1.165, 1.54) is 12.1 Å². The van der Waals surface area contributed by atoms with E-state index in [0.29, 0.717) is 10.0 Å². The van der Waals surface area contributed by atoms with Crippen LogP contribution in [0.2, 0.25) is 10.0 Å². The molecule has 0 heterocycles. The SMILES string of the molecule is CCCNC(c1ccc(F)cc1)c1c(Cl)cccc1Cl. The van der Waals surface area contributed by atoms with Gasteiger partial charge in [-0.1, -0.05) is 48.3 Å². The molecule has 1 nitrogen and oxygen atoms in total. The van der Waals surface area contributed by atoms with Crippen LogP contribution < -0.4 is 5.32 Å². The summed E-state index contributed by atoms with van der Waals surface area (Å²) in [5.74, 6) is -0.256. The Morgan fingerprint density at radius 3 is 2.20 bits per heavy atom. The van der Waals surface area contributed by atoms with Crippen molar-refractivity contribution in [1.82, 2.24) is 5.32 Å². The second-order valence-electron chi connectivity index (χ2n) is 4.57. The quantitative estimate of drug-likeness (QED) is 0.798. The number of hydrogen-bond donors (Lipinski definition) is 1. The van der Waals surface area contributed by atoms with Gasteiger partial charge in [0.15, 0.2) is 0 Å². The summed E-state index contributed by atoms with van der Waals surface area (Å²) in [6.07, 6.45) is 0.986. The zero-order valence-electron chi connectivity index (χ0n) is 11.2. The van der Waals surface area contributed by atoms with Crippen LogP contribution in [-0.4, -0.2) is 6.54 Å². The van der Waals surface area contributed by atoms with Gasteiger partial charge in [0.25, 0.3) is 0 Å². The monoisotopic (exact) mass is 311 g/mol. The Labute approximate surface area is 128 Å². The van der Waals surface area contributed by atoms with E-state index in [4.69, 9.17) is 23.2 Å². The Hall–Kier alpha value is -1.09. The molecule has 1 atom stereocenters. The average molecular weight is 312 g/mol. The van der Waals surface area contributed by atoms with E-state index in [1.807, 2.05) is 18.2 Å². The first-order valence-electron chi connectivity index (χ1n) is 6.56. The van der Waals surface area contributed by atoms with Crippen molar-refractivity contribution in [2.24, 2.45) is 0 Å². The minimum Gasteiger partial charge on any atom is -0.306 e. The van der Waals surface area contributed by atoms with Crippen LogP contribution in [0.15, 0.2) is 42.5 Å². The molecule has 0 aliphatic carbocycles. The van der Waals surface area contributed by atoms with Gasteiger partial charge in [-0.2, -0.15) is 0 Å². The van der Waals surface area contributed by atoms with Crippen molar-refractivity contribution in [3.63, 3.8) is 0 Å². The Morgan fingerprint density at radius 2 is 1.65 bits per heavy atom. The third kappa shape index (κ3) is 3.51. The van der Waals surface area contributed by atoms with E-state index in [2.05, 4.69) is 12.2 Å². The van der Waals surface area contributed by atoms with Crippen LogP contribution in [-0.2, 0) is 0 Å². The van der Waals surface area contributed by atoms with Gasteiger partial charge >= 0.3 is 0 Å². The third-order valence-corrected chi connectivity index (χ3v) is 3.75. The van der Waals surface area contributed by atoms with Gasteiger partial charge in [-0.3, -0.25) is 0 Å². The molecular formula is C16H16Cl2FN. The highest BCUT2D eigenvalue weighted by Crippen LogP contribution is 2.34. The van der Waals surface area contributed by atoms with Crippen LogP contribution >= 0.6 is 23.2 Å². The molecule has 0 aliphatic heterocycles. The molecule has 106 valence electrons. The number of nitrogens with one attached hydrogen (secondary N) is 1. The molecule has 0 aromatic heterocycles. The van der Waals surface area contributed by atoms with Crippen molar-refractivity contribution >= 4 is 23.2 Å². The summed E-state index contributed by atoms with van der Waals surface area (Å²) in [7, 11) is 0. The topological polar surface area (TPSA) is 12.0 Å². The Morgan fingerprint density at radius 1 is 1.05 bits per heavy atom. The highest BCUT2D eigenvalue weighted by molar-refractivity contribution is 6.36. The van der Waals surface area contributed by atoms with E-state index in [1.54, 1.807) is 12.1 Å². The fourth-order valence-electron chi connectivity index (χ4n) is 2.12. The Balaban J connectivity index is 2.44. The van der Waals surface area contributed by atoms with Crippen LogP contribution in [0.25, 0.3) is 0 Å². The first-order chi connectivity index (χ1) is 9.63. The smallest absolute Gasteiger partial charge is 0.123 e. The molecule has 0 saturated heterocycles. The minimum atomic E-state index is -0.256. The number of halogens is 3. The molecule has 0 spiro atoms. The lowest BCUT2D eigenvalue weighted by molar-refractivity contribution is 0.593. The molecule has 4 heteroatoms. The first kappa shape index (κ1) is 15.3. The number of hydrogen-bond acceptors (Lipinski definition) is 1. The molecule has 2 aromatic carbocycles. The molecule has 20 heavy (non-hydrogen) atoms. The molecule has 1 unspecified atom stereocenters. The normalized spacial score (nSPS) is 12.4. The molecule has 0 saturated carbocycles. The summed E-state index contributed by atoms with van der Waals surface area (Å²) < 4.78 is 13.1. The second-order valence-corrected chi connectivity index (χ2v) is 5.39. The minimum absolute atomic E-state index is 0.142. The van der Waals surface area contributed by atoms with Gasteiger partial charge in [0.1, 0.15) is 5.82 Å². The highest BCUT2D eigenvalue weighted by atomic mass is 35.5. The summed E-state index contributed by atoms with van der Waals surface area (Å²) in [4.78, 5) is 0. The molecule has 1 N–H and O–H groups in total. The molecule has 0 aliphatic rings. The standard InChI is InChI=1S/C16H16Cl2FN/c1-2-10-20-16(11-6-8-12(19)9-7-11)15-13(17)4-3-5-14(15)18/h3-9,16,20H,2,10H2,1H3. The Kier molecular flexibility index (Phi) is 5.41. The van der Waals surface area contributed by atoms with Crippen LogP contribution in [0.1, 0.15) is 30.5 Å². The lowest BCUT2D eigenvalue weighted by atomic mass is 9.98. The molecule has 0 radical (unpaired) electrons. The lowest BCUT2D eigenvalue weighted by Gasteiger charge is -2.22. The summed E-state index contributed by atoms with van der Waals surface area (Å²) in [6, 6.07) is 11.7. The van der Waals surface area contributed by atoms with E-state index < -0.39 is 0 Å². The van der Waals surface area contributed by atoms with Gasteiger partial charge in [0, 0.05) is 15.6 Å². The van der Waals surface area contributed by atoms with E-state index in [9.17, 15) is 4.39 Å². The second kappa shape index (κ2) is 7.07. The fraction of sp³-hybridized carbons (Fsp3) is 0.250. The van der Waals surface area contributed by atoms with Crippen molar-refractivity contribution in [2.75, 3.05) is 6.54 Å². The molecule has 0 amide bonds. The molecule has 0 fully saturated rings. The summed E-state index contributed by atoms with van der Waals surface area (Å²) >= 11 is 12.6. The molecular weight excluding hydrogens is 296 g/mol. The molecule has 2 rings (SSSR count). The van der Waals surface area contributed by atoms with Crippen LogP contribution in [0.4, 0.5) is 4.39 Å². The van der Waals surface area contributed by atoms with Crippen molar-refractivity contribution in [3.05, 3.63) is 69.5 Å². The van der Waals surface area contributed by atoms with Crippen LogP contribution in [0.3, 0.4) is 0 Å². The molecule has 2 aromatic rings. The molecule has 0 bridgehead atoms. The van der Waals surface area contributed by atoms with Crippen molar-refractivity contribution in [2.45, 2.75) is 19.4 Å². The maximum atomic E-state index is 13.1. The van der Waals surface area contributed by atoms with Gasteiger partial charge in [-0.05, 0) is 42.8 Å². The number of rotatable bonds is 5. The number of benzene rings is 2. The Bertz CT molecular complexity index is 549. The summed E-state index contributed by atoms with van der Waals surface area (Å²) in [5.41, 5.74) is 1.77. The average Bonchev–Trinajstić information content (AvgIpc) is 2.43. The van der Waals surface area contributed by atoms with E-state index >= 15 is 0 Å². The summed E-state index contributed by atoms with van der Waals surface area (Å²) in [6.45, 7) is 2.91. The third-order valence-electron chi connectivity index (χ3n) is 3.09. The highest BCUT2D eigenvalue weighted by Gasteiger charge is 2.19. The van der Waals surface area contributed by atoms with Crippen LogP contribution in [0, 0.1) is 5.82 Å². The fourth-order valence-corrected chi connectivity index (χ4v) is 2.73. The first-order valence-corrected chi connectivity index (χ1v) is 7.31. The maximum absolute atomic E-state index is 13.1. The van der Waals surface area contributed by atoms with Gasteiger partial charge < -0.3 is 5.32 Å². The van der Waals surface area contributed by atoms with Crippen molar-refractivity contribution < 1.29 is 4.39 Å². The summed E-state index contributed by atoms with van der Waals surface area (Å²) in [5, 5.41) is 4.63. The van der Waals surface area contributed by atoms with Crippen molar-refractivity contribution in [1.29, 1.82) is 0 Å². The van der Waals surface area contributed by atoms with Gasteiger partial charge in [-0.15, -0.1) is 0 Å². The predicted octanol–water partition coefficient (Wildman–Crippen LogP) is 5.22. The largest absolute Gasteiger partial charge is 0.306 e. The zero-order chi connectivity index (χ0) is 14.5. The maximum Gasteiger partial charge on any atom is 0.123 e. The lowest BCUT2D eigenvalue weighted by Crippen LogP contribution is -2.23. The van der Waals surface area contributed by atoms with Crippen molar-refractivity contribution in [3.8, 4) is 0 Å². The van der Waals surface area contributed by atoms with Gasteiger partial charge in [0.05, 0.1) is 6.04 Å². The predicted molar refractivity (Wildman–Crippen MR) is 83.0 cm³/mol. The zero-order valence-corrected chi connectivity index (χ0v) is 12.7. The van der Waals surface area contributed by atoms with Gasteiger partial charge in [-0.25, -0.2) is 4.39 Å². The van der Waals surface area contributed by atoms with Gasteiger partial charge in [0.2, 0.25) is 0 Å². The van der Waals surface area contributed by atoms with E-state index in [0.717, 1.165) is 24.1 Å². The van der Waals surface area contributed by atoms with Crippen LogP contribution in [0.5, 0.6) is 0 Å².